The van der Waals surface area contributed by atoms with E-state index in [0.29, 0.717) is 35.9 Å². The molecule has 0 saturated carbocycles. The Kier molecular flexibility index (Phi) is 6.59. The highest BCUT2D eigenvalue weighted by atomic mass is 16.5. The third-order valence-corrected chi connectivity index (χ3v) is 5.07. The van der Waals surface area contributed by atoms with E-state index in [9.17, 15) is 9.59 Å². The Morgan fingerprint density at radius 2 is 1.82 bits per heavy atom. The normalized spacial score (nSPS) is 13.5. The van der Waals surface area contributed by atoms with Crippen LogP contribution in [0.3, 0.4) is 0 Å². The Morgan fingerprint density at radius 1 is 1.06 bits per heavy atom. The van der Waals surface area contributed by atoms with Crippen molar-refractivity contribution in [2.75, 3.05) is 19.0 Å². The molecule has 1 aliphatic rings. The molecule has 0 radical (unpaired) electrons. The van der Waals surface area contributed by atoms with E-state index in [1.54, 1.807) is 37.5 Å². The summed E-state index contributed by atoms with van der Waals surface area (Å²) in [5.41, 5.74) is 2.44. The molecule has 0 atom stereocenters. The zero-order chi connectivity index (χ0) is 23.2. The van der Waals surface area contributed by atoms with E-state index in [1.165, 1.54) is 0 Å². The molecule has 0 saturated heterocycles. The van der Waals surface area contributed by atoms with Gasteiger partial charge < -0.3 is 24.8 Å². The van der Waals surface area contributed by atoms with Gasteiger partial charge in [-0.2, -0.15) is 0 Å². The topological polar surface area (TPSA) is 85.9 Å². The molecule has 7 heteroatoms. The predicted octanol–water partition coefficient (Wildman–Crippen LogP) is 4.40. The SMILES string of the molecule is CCOc1ccccc1CNC(=O)c1ccc2c(c1)NC(=O)C(=Cc1ccccc1OC)O2. The van der Waals surface area contributed by atoms with Crippen LogP contribution in [0.25, 0.3) is 6.08 Å². The molecule has 7 nitrogen and oxygen atoms in total. The summed E-state index contributed by atoms with van der Waals surface area (Å²) in [4.78, 5) is 25.3. The molecule has 2 amide bonds. The van der Waals surface area contributed by atoms with Crippen molar-refractivity contribution in [2.45, 2.75) is 13.5 Å². The van der Waals surface area contributed by atoms with Crippen LogP contribution in [0.1, 0.15) is 28.4 Å². The average Bonchev–Trinajstić information content (AvgIpc) is 2.84. The van der Waals surface area contributed by atoms with Gasteiger partial charge >= 0.3 is 0 Å². The molecule has 168 valence electrons. The van der Waals surface area contributed by atoms with Gasteiger partial charge in [0.15, 0.2) is 11.5 Å². The minimum absolute atomic E-state index is 0.136. The number of benzene rings is 3. The monoisotopic (exact) mass is 444 g/mol. The van der Waals surface area contributed by atoms with Crippen molar-refractivity contribution < 1.29 is 23.8 Å². The summed E-state index contributed by atoms with van der Waals surface area (Å²) in [6.45, 7) is 2.78. The third-order valence-electron chi connectivity index (χ3n) is 5.07. The molecule has 0 aliphatic carbocycles. The summed E-state index contributed by atoms with van der Waals surface area (Å²) in [6.07, 6.45) is 1.62. The number of ether oxygens (including phenoxy) is 3. The van der Waals surface area contributed by atoms with E-state index in [0.717, 1.165) is 16.9 Å². The molecule has 1 heterocycles. The van der Waals surface area contributed by atoms with Crippen LogP contribution in [0.4, 0.5) is 5.69 Å². The van der Waals surface area contributed by atoms with Crippen LogP contribution < -0.4 is 24.8 Å². The quantitative estimate of drug-likeness (QED) is 0.528. The first-order chi connectivity index (χ1) is 16.1. The molecule has 0 fully saturated rings. The Morgan fingerprint density at radius 3 is 2.61 bits per heavy atom. The van der Waals surface area contributed by atoms with Gasteiger partial charge in [-0.1, -0.05) is 36.4 Å². The van der Waals surface area contributed by atoms with Crippen LogP contribution in [0.5, 0.6) is 17.2 Å². The van der Waals surface area contributed by atoms with Gasteiger partial charge in [-0.25, -0.2) is 0 Å². The molecular weight excluding hydrogens is 420 g/mol. The molecule has 33 heavy (non-hydrogen) atoms. The van der Waals surface area contributed by atoms with E-state index in [2.05, 4.69) is 10.6 Å². The summed E-state index contributed by atoms with van der Waals surface area (Å²) in [5.74, 6) is 1.28. The van der Waals surface area contributed by atoms with E-state index < -0.39 is 5.91 Å². The van der Waals surface area contributed by atoms with E-state index in [-0.39, 0.29) is 11.7 Å². The first-order valence-corrected chi connectivity index (χ1v) is 10.6. The molecule has 0 bridgehead atoms. The minimum Gasteiger partial charge on any atom is -0.496 e. The highest BCUT2D eigenvalue weighted by molar-refractivity contribution is 6.09. The molecular formula is C26H24N2O5. The number of carbonyl (C=O) groups excluding carboxylic acids is 2. The predicted molar refractivity (Wildman–Crippen MR) is 125 cm³/mol. The fourth-order valence-corrected chi connectivity index (χ4v) is 3.45. The molecule has 4 rings (SSSR count). The van der Waals surface area contributed by atoms with E-state index in [1.807, 2.05) is 49.4 Å². The van der Waals surface area contributed by atoms with Gasteiger partial charge in [-0.3, -0.25) is 9.59 Å². The summed E-state index contributed by atoms with van der Waals surface area (Å²) in [6, 6.07) is 19.8. The van der Waals surface area contributed by atoms with Gasteiger partial charge in [-0.15, -0.1) is 0 Å². The summed E-state index contributed by atoms with van der Waals surface area (Å²) < 4.78 is 16.7. The molecule has 3 aromatic rings. The summed E-state index contributed by atoms with van der Waals surface area (Å²) in [5, 5.41) is 5.68. The number of nitrogens with one attached hydrogen (secondary N) is 2. The van der Waals surface area contributed by atoms with Crippen LogP contribution in [-0.2, 0) is 11.3 Å². The van der Waals surface area contributed by atoms with Gasteiger partial charge in [0, 0.05) is 23.2 Å². The second-order valence-corrected chi connectivity index (χ2v) is 7.24. The minimum atomic E-state index is -0.406. The van der Waals surface area contributed by atoms with Crippen molar-refractivity contribution in [2.24, 2.45) is 0 Å². The maximum absolute atomic E-state index is 12.7. The highest BCUT2D eigenvalue weighted by Crippen LogP contribution is 2.33. The first kappa shape index (κ1) is 22.0. The van der Waals surface area contributed by atoms with Crippen molar-refractivity contribution in [3.05, 3.63) is 89.2 Å². The lowest BCUT2D eigenvalue weighted by atomic mass is 10.1. The number of hydrogen-bond acceptors (Lipinski definition) is 5. The average molecular weight is 444 g/mol. The number of fused-ring (bicyclic) bond motifs is 1. The Bertz CT molecular complexity index is 1220. The number of anilines is 1. The number of methoxy groups -OCH3 is 1. The number of amides is 2. The van der Waals surface area contributed by atoms with Crippen LogP contribution in [-0.4, -0.2) is 25.5 Å². The van der Waals surface area contributed by atoms with Crippen LogP contribution in [0.15, 0.2) is 72.5 Å². The second-order valence-electron chi connectivity index (χ2n) is 7.24. The van der Waals surface area contributed by atoms with Gasteiger partial charge in [0.2, 0.25) is 0 Å². The molecule has 1 aliphatic heterocycles. The molecule has 3 aromatic carbocycles. The van der Waals surface area contributed by atoms with Gasteiger partial charge in [0.05, 0.1) is 19.4 Å². The van der Waals surface area contributed by atoms with Crippen molar-refractivity contribution in [1.29, 1.82) is 0 Å². The smallest absolute Gasteiger partial charge is 0.291 e. The largest absolute Gasteiger partial charge is 0.496 e. The summed E-state index contributed by atoms with van der Waals surface area (Å²) >= 11 is 0. The standard InChI is InChI=1S/C26H24N2O5/c1-3-32-22-11-7-5-9-19(22)16-27-25(29)18-12-13-23-20(14-18)28-26(30)24(33-23)15-17-8-4-6-10-21(17)31-2/h4-15H,3,16H2,1-2H3,(H,27,29)(H,28,30). The van der Waals surface area contributed by atoms with Gasteiger partial charge in [0.1, 0.15) is 11.5 Å². The highest BCUT2D eigenvalue weighted by Gasteiger charge is 2.23. The zero-order valence-electron chi connectivity index (χ0n) is 18.4. The molecule has 0 unspecified atom stereocenters. The summed E-state index contributed by atoms with van der Waals surface area (Å²) in [7, 11) is 1.57. The van der Waals surface area contributed by atoms with Gasteiger partial charge in [-0.05, 0) is 43.3 Å². The third kappa shape index (κ3) is 4.98. The molecule has 0 aromatic heterocycles. The lowest BCUT2D eigenvalue weighted by Gasteiger charge is -2.21. The Hall–Kier alpha value is -4.26. The van der Waals surface area contributed by atoms with Crippen LogP contribution >= 0.6 is 0 Å². The number of para-hydroxylation sites is 2. The van der Waals surface area contributed by atoms with Crippen molar-refractivity contribution in [1.82, 2.24) is 5.32 Å². The lowest BCUT2D eigenvalue weighted by molar-refractivity contribution is -0.115. The van der Waals surface area contributed by atoms with Crippen LogP contribution in [0.2, 0.25) is 0 Å². The maximum atomic E-state index is 12.7. The molecule has 0 spiro atoms. The Labute approximate surface area is 192 Å². The Balaban J connectivity index is 1.48. The van der Waals surface area contributed by atoms with E-state index >= 15 is 0 Å². The second kappa shape index (κ2) is 9.91. The fraction of sp³-hybridized carbons (Fsp3) is 0.154. The number of carbonyl (C=O) groups is 2. The van der Waals surface area contributed by atoms with E-state index in [4.69, 9.17) is 14.2 Å². The number of rotatable bonds is 7. The van der Waals surface area contributed by atoms with Crippen LogP contribution in [0, 0.1) is 0 Å². The van der Waals surface area contributed by atoms with Crippen molar-refractivity contribution >= 4 is 23.6 Å². The zero-order valence-corrected chi connectivity index (χ0v) is 18.4. The lowest BCUT2D eigenvalue weighted by Crippen LogP contribution is -2.26. The fourth-order valence-electron chi connectivity index (χ4n) is 3.45. The van der Waals surface area contributed by atoms with Crippen molar-refractivity contribution in [3.63, 3.8) is 0 Å². The maximum Gasteiger partial charge on any atom is 0.291 e. The van der Waals surface area contributed by atoms with Gasteiger partial charge in [0.25, 0.3) is 11.8 Å². The first-order valence-electron chi connectivity index (χ1n) is 10.6. The molecule has 2 N–H and O–H groups in total. The number of hydrogen-bond donors (Lipinski definition) is 2. The van der Waals surface area contributed by atoms with Crippen molar-refractivity contribution in [3.8, 4) is 17.2 Å².